The van der Waals surface area contributed by atoms with E-state index >= 15 is 0 Å². The molecule has 0 saturated carbocycles. The van der Waals surface area contributed by atoms with Gasteiger partial charge in [-0.3, -0.25) is 0 Å². The van der Waals surface area contributed by atoms with Crippen molar-refractivity contribution in [3.8, 4) is 0 Å². The highest BCUT2D eigenvalue weighted by Gasteiger charge is 2.17. The Morgan fingerprint density at radius 3 is 2.79 bits per heavy atom. The van der Waals surface area contributed by atoms with Crippen molar-refractivity contribution < 1.29 is 4.74 Å². The molecule has 14 heavy (non-hydrogen) atoms. The molecule has 1 atom stereocenters. The third kappa shape index (κ3) is 2.61. The van der Waals surface area contributed by atoms with Gasteiger partial charge in [-0.15, -0.1) is 12.4 Å². The third-order valence-electron chi connectivity index (χ3n) is 2.18. The van der Waals surface area contributed by atoms with Gasteiger partial charge in [-0.25, -0.2) is 0 Å². The van der Waals surface area contributed by atoms with Crippen LogP contribution in [0.4, 0.5) is 0 Å². The summed E-state index contributed by atoms with van der Waals surface area (Å²) in [5.74, 6) is 0. The van der Waals surface area contributed by atoms with Gasteiger partial charge < -0.3 is 10.1 Å². The molecular weight excluding hydrogens is 221 g/mol. The molecule has 1 fully saturated rings. The Bertz CT molecular complexity index is 287. The van der Waals surface area contributed by atoms with Gasteiger partial charge in [0, 0.05) is 23.7 Å². The van der Waals surface area contributed by atoms with Crippen molar-refractivity contribution in [2.75, 3.05) is 19.7 Å². The second kappa shape index (κ2) is 5.56. The van der Waals surface area contributed by atoms with Gasteiger partial charge in [0.05, 0.1) is 12.7 Å². The molecule has 0 aromatic heterocycles. The lowest BCUT2D eigenvalue weighted by atomic mass is 10.1. The Morgan fingerprint density at radius 1 is 1.36 bits per heavy atom. The van der Waals surface area contributed by atoms with E-state index < -0.39 is 0 Å². The summed E-state index contributed by atoms with van der Waals surface area (Å²) < 4.78 is 5.60. The number of benzene rings is 1. The van der Waals surface area contributed by atoms with Crippen molar-refractivity contribution in [2.24, 2.45) is 0 Å². The predicted molar refractivity (Wildman–Crippen MR) is 60.3 cm³/mol. The summed E-state index contributed by atoms with van der Waals surface area (Å²) in [6.45, 7) is 2.54. The number of hydrogen-bond acceptors (Lipinski definition) is 2. The Balaban J connectivity index is 0.000000980. The van der Waals surface area contributed by atoms with Crippen LogP contribution in [0.1, 0.15) is 11.7 Å². The van der Waals surface area contributed by atoms with Crippen molar-refractivity contribution >= 4 is 24.0 Å². The predicted octanol–water partition coefficient (Wildman–Crippen LogP) is 2.42. The van der Waals surface area contributed by atoms with Crippen molar-refractivity contribution in [3.05, 3.63) is 34.9 Å². The largest absolute Gasteiger partial charge is 0.371 e. The van der Waals surface area contributed by atoms with Gasteiger partial charge in [0.15, 0.2) is 0 Å². The van der Waals surface area contributed by atoms with E-state index in [0.717, 1.165) is 30.3 Å². The molecule has 0 radical (unpaired) electrons. The highest BCUT2D eigenvalue weighted by molar-refractivity contribution is 6.31. The van der Waals surface area contributed by atoms with Gasteiger partial charge in [-0.2, -0.15) is 0 Å². The second-order valence-electron chi connectivity index (χ2n) is 3.09. The van der Waals surface area contributed by atoms with Crippen molar-refractivity contribution in [1.29, 1.82) is 0 Å². The van der Waals surface area contributed by atoms with E-state index in [-0.39, 0.29) is 18.5 Å². The van der Waals surface area contributed by atoms with Gasteiger partial charge in [-0.05, 0) is 6.07 Å². The highest BCUT2D eigenvalue weighted by Crippen LogP contribution is 2.25. The van der Waals surface area contributed by atoms with E-state index in [1.54, 1.807) is 0 Å². The summed E-state index contributed by atoms with van der Waals surface area (Å²) >= 11 is 6.05. The zero-order chi connectivity index (χ0) is 9.10. The summed E-state index contributed by atoms with van der Waals surface area (Å²) in [7, 11) is 0. The molecule has 1 saturated heterocycles. The summed E-state index contributed by atoms with van der Waals surface area (Å²) in [5, 5.41) is 4.07. The highest BCUT2D eigenvalue weighted by atomic mass is 35.5. The quantitative estimate of drug-likeness (QED) is 0.805. The van der Waals surface area contributed by atoms with Crippen molar-refractivity contribution in [3.63, 3.8) is 0 Å². The number of halogens is 2. The Morgan fingerprint density at radius 2 is 2.14 bits per heavy atom. The summed E-state index contributed by atoms with van der Waals surface area (Å²) in [5.41, 5.74) is 1.08. The minimum Gasteiger partial charge on any atom is -0.371 e. The maximum Gasteiger partial charge on any atom is 0.0964 e. The van der Waals surface area contributed by atoms with E-state index in [0.29, 0.717) is 0 Å². The zero-order valence-electron chi connectivity index (χ0n) is 7.70. The molecule has 0 bridgehead atoms. The topological polar surface area (TPSA) is 21.3 Å². The van der Waals surface area contributed by atoms with Crippen LogP contribution < -0.4 is 5.32 Å². The molecule has 1 unspecified atom stereocenters. The van der Waals surface area contributed by atoms with E-state index in [1.807, 2.05) is 24.3 Å². The van der Waals surface area contributed by atoms with Crippen LogP contribution >= 0.6 is 24.0 Å². The van der Waals surface area contributed by atoms with Gasteiger partial charge in [-0.1, -0.05) is 29.8 Å². The lowest BCUT2D eigenvalue weighted by Crippen LogP contribution is -2.33. The third-order valence-corrected chi connectivity index (χ3v) is 2.52. The van der Waals surface area contributed by atoms with Crippen molar-refractivity contribution in [1.82, 2.24) is 5.32 Å². The van der Waals surface area contributed by atoms with Crippen LogP contribution in [0, 0.1) is 0 Å². The molecule has 0 aliphatic carbocycles. The van der Waals surface area contributed by atoms with Crippen LogP contribution in [-0.2, 0) is 4.74 Å². The smallest absolute Gasteiger partial charge is 0.0964 e. The molecule has 2 rings (SSSR count). The average molecular weight is 234 g/mol. The van der Waals surface area contributed by atoms with Crippen molar-refractivity contribution in [2.45, 2.75) is 6.10 Å². The molecule has 1 aliphatic heterocycles. The zero-order valence-corrected chi connectivity index (χ0v) is 9.27. The first-order valence-electron chi connectivity index (χ1n) is 4.44. The van der Waals surface area contributed by atoms with Gasteiger partial charge in [0.25, 0.3) is 0 Å². The molecular formula is C10H13Cl2NO. The fourth-order valence-corrected chi connectivity index (χ4v) is 1.76. The molecule has 2 nitrogen and oxygen atoms in total. The first kappa shape index (κ1) is 11.8. The Kier molecular flexibility index (Phi) is 4.69. The Hall–Kier alpha value is -0.280. The van der Waals surface area contributed by atoms with Crippen LogP contribution in [0.15, 0.2) is 24.3 Å². The lowest BCUT2D eigenvalue weighted by molar-refractivity contribution is 0.0277. The monoisotopic (exact) mass is 233 g/mol. The van der Waals surface area contributed by atoms with E-state index in [9.17, 15) is 0 Å². The van der Waals surface area contributed by atoms with E-state index in [1.165, 1.54) is 0 Å². The van der Waals surface area contributed by atoms with E-state index in [4.69, 9.17) is 16.3 Å². The minimum atomic E-state index is 0. The van der Waals surface area contributed by atoms with Crippen LogP contribution in [-0.4, -0.2) is 19.7 Å². The standard InChI is InChI=1S/C10H12ClNO.ClH/c11-9-4-2-1-3-8(9)10-7-12-5-6-13-10;/h1-4,10,12H,5-7H2;1H. The fourth-order valence-electron chi connectivity index (χ4n) is 1.50. The maximum atomic E-state index is 6.05. The fraction of sp³-hybridized carbons (Fsp3) is 0.400. The molecule has 4 heteroatoms. The molecule has 1 N–H and O–H groups in total. The number of nitrogens with one attached hydrogen (secondary N) is 1. The van der Waals surface area contributed by atoms with Crippen LogP contribution in [0.5, 0.6) is 0 Å². The molecule has 78 valence electrons. The van der Waals surface area contributed by atoms with Crippen LogP contribution in [0.25, 0.3) is 0 Å². The van der Waals surface area contributed by atoms with Crippen LogP contribution in [0.3, 0.4) is 0 Å². The Labute approximate surface area is 95.0 Å². The maximum absolute atomic E-state index is 6.05. The first-order valence-corrected chi connectivity index (χ1v) is 4.82. The van der Waals surface area contributed by atoms with E-state index in [2.05, 4.69) is 5.32 Å². The summed E-state index contributed by atoms with van der Waals surface area (Å²) in [6.07, 6.45) is 0.113. The second-order valence-corrected chi connectivity index (χ2v) is 3.49. The molecule has 1 aromatic rings. The molecule has 0 amide bonds. The van der Waals surface area contributed by atoms with Gasteiger partial charge >= 0.3 is 0 Å². The molecule has 0 spiro atoms. The number of morpholine rings is 1. The summed E-state index contributed by atoms with van der Waals surface area (Å²) in [6, 6.07) is 7.83. The van der Waals surface area contributed by atoms with Gasteiger partial charge in [0.2, 0.25) is 0 Å². The summed E-state index contributed by atoms with van der Waals surface area (Å²) in [4.78, 5) is 0. The molecule has 1 aliphatic rings. The molecule has 1 heterocycles. The first-order chi connectivity index (χ1) is 6.38. The van der Waals surface area contributed by atoms with Crippen LogP contribution in [0.2, 0.25) is 5.02 Å². The molecule has 1 aromatic carbocycles. The lowest BCUT2D eigenvalue weighted by Gasteiger charge is -2.24. The number of ether oxygens (including phenoxy) is 1. The normalized spacial score (nSPS) is 21.4. The number of hydrogen-bond donors (Lipinski definition) is 1. The van der Waals surface area contributed by atoms with Gasteiger partial charge in [0.1, 0.15) is 0 Å². The average Bonchev–Trinajstić information content (AvgIpc) is 2.20. The number of rotatable bonds is 1. The SMILES string of the molecule is Cl.Clc1ccccc1C1CNCCO1. The minimum absolute atomic E-state index is 0.